The van der Waals surface area contributed by atoms with Gasteiger partial charge in [-0.1, -0.05) is 12.5 Å². The molecule has 2 N–H and O–H groups in total. The fourth-order valence-corrected chi connectivity index (χ4v) is 3.21. The fourth-order valence-electron chi connectivity index (χ4n) is 3.21. The summed E-state index contributed by atoms with van der Waals surface area (Å²) in [6.07, 6.45) is 4.83. The summed E-state index contributed by atoms with van der Waals surface area (Å²) in [4.78, 5) is 26.5. The molecule has 1 aliphatic heterocycles. The zero-order chi connectivity index (χ0) is 18.2. The van der Waals surface area contributed by atoms with Crippen LogP contribution < -0.4 is 10.6 Å². The molecule has 1 fully saturated rings. The van der Waals surface area contributed by atoms with Crippen molar-refractivity contribution in [2.24, 2.45) is 0 Å². The maximum absolute atomic E-state index is 12.1. The van der Waals surface area contributed by atoms with Crippen molar-refractivity contribution in [2.75, 3.05) is 26.2 Å². The van der Waals surface area contributed by atoms with E-state index < -0.39 is 0 Å². The van der Waals surface area contributed by atoms with Gasteiger partial charge in [-0.25, -0.2) is 0 Å². The quantitative estimate of drug-likeness (QED) is 0.746. The van der Waals surface area contributed by atoms with Crippen LogP contribution in [0.1, 0.15) is 54.1 Å². The lowest BCUT2D eigenvalue weighted by Crippen LogP contribution is -2.40. The molecule has 2 rings (SSSR count). The van der Waals surface area contributed by atoms with Crippen molar-refractivity contribution in [3.05, 3.63) is 34.9 Å². The third kappa shape index (κ3) is 6.16. The number of carbonyl (C=O) groups is 2. The first-order valence-electron chi connectivity index (χ1n) is 9.33. The van der Waals surface area contributed by atoms with Gasteiger partial charge in [-0.2, -0.15) is 0 Å². The van der Waals surface area contributed by atoms with E-state index in [9.17, 15) is 9.59 Å². The van der Waals surface area contributed by atoms with Crippen LogP contribution in [-0.4, -0.2) is 48.9 Å². The molecule has 1 atom stereocenters. The van der Waals surface area contributed by atoms with Crippen molar-refractivity contribution in [3.63, 3.8) is 0 Å². The van der Waals surface area contributed by atoms with E-state index in [0.717, 1.165) is 24.1 Å². The van der Waals surface area contributed by atoms with Crippen LogP contribution in [0, 0.1) is 13.8 Å². The molecular formula is C20H31N3O2. The van der Waals surface area contributed by atoms with Crippen molar-refractivity contribution in [3.8, 4) is 0 Å². The number of piperidine rings is 1. The molecule has 5 heteroatoms. The Morgan fingerprint density at radius 1 is 1.16 bits per heavy atom. The molecule has 0 saturated carbocycles. The zero-order valence-corrected chi connectivity index (χ0v) is 15.7. The van der Waals surface area contributed by atoms with Gasteiger partial charge >= 0.3 is 0 Å². The van der Waals surface area contributed by atoms with Crippen LogP contribution in [-0.2, 0) is 4.79 Å². The number of carbonyl (C=O) groups excluding carboxylic acids is 2. The molecule has 0 unspecified atom stereocenters. The molecule has 0 spiro atoms. The van der Waals surface area contributed by atoms with Crippen molar-refractivity contribution in [1.29, 1.82) is 0 Å². The number of benzene rings is 1. The summed E-state index contributed by atoms with van der Waals surface area (Å²) in [6.45, 7) is 9.13. The van der Waals surface area contributed by atoms with E-state index in [1.54, 1.807) is 6.07 Å². The molecule has 0 aliphatic carbocycles. The molecule has 25 heavy (non-hydrogen) atoms. The summed E-state index contributed by atoms with van der Waals surface area (Å²) in [5.41, 5.74) is 2.82. The highest BCUT2D eigenvalue weighted by molar-refractivity contribution is 5.96. The van der Waals surface area contributed by atoms with Gasteiger partial charge < -0.3 is 15.5 Å². The molecular weight excluding hydrogens is 314 g/mol. The first-order valence-corrected chi connectivity index (χ1v) is 9.33. The summed E-state index contributed by atoms with van der Waals surface area (Å²) in [6, 6.07) is 6.21. The van der Waals surface area contributed by atoms with Crippen LogP contribution in [0.4, 0.5) is 0 Å². The summed E-state index contributed by atoms with van der Waals surface area (Å²) in [7, 11) is 0. The molecule has 1 aromatic rings. The van der Waals surface area contributed by atoms with Gasteiger partial charge in [-0.15, -0.1) is 0 Å². The largest absolute Gasteiger partial charge is 0.355 e. The second-order valence-electron chi connectivity index (χ2n) is 7.07. The third-order valence-electron chi connectivity index (χ3n) is 5.06. The number of hydrogen-bond donors (Lipinski definition) is 2. The first kappa shape index (κ1) is 19.4. The number of hydrogen-bond acceptors (Lipinski definition) is 3. The number of rotatable bonds is 7. The third-order valence-corrected chi connectivity index (χ3v) is 5.06. The minimum atomic E-state index is -0.208. The Morgan fingerprint density at radius 3 is 2.68 bits per heavy atom. The van der Waals surface area contributed by atoms with Gasteiger partial charge in [0.25, 0.3) is 5.91 Å². The molecule has 1 saturated heterocycles. The van der Waals surface area contributed by atoms with Crippen LogP contribution in [0.2, 0.25) is 0 Å². The van der Waals surface area contributed by atoms with E-state index in [1.165, 1.54) is 25.8 Å². The molecule has 1 aliphatic rings. The van der Waals surface area contributed by atoms with Crippen LogP contribution in [0.5, 0.6) is 0 Å². The molecule has 0 radical (unpaired) electrons. The van der Waals surface area contributed by atoms with E-state index in [0.29, 0.717) is 18.2 Å². The maximum atomic E-state index is 12.1. The van der Waals surface area contributed by atoms with Crippen molar-refractivity contribution >= 4 is 11.8 Å². The average molecular weight is 345 g/mol. The van der Waals surface area contributed by atoms with Gasteiger partial charge in [-0.3, -0.25) is 9.59 Å². The normalized spacial score (nSPS) is 18.0. The van der Waals surface area contributed by atoms with Gasteiger partial charge in [0.2, 0.25) is 5.91 Å². The van der Waals surface area contributed by atoms with E-state index >= 15 is 0 Å². The van der Waals surface area contributed by atoms with Crippen LogP contribution in [0.15, 0.2) is 18.2 Å². The Labute approximate surface area is 151 Å². The topological polar surface area (TPSA) is 61.4 Å². The zero-order valence-electron chi connectivity index (χ0n) is 15.7. The molecule has 2 amide bonds. The first-order chi connectivity index (χ1) is 12.0. The summed E-state index contributed by atoms with van der Waals surface area (Å²) in [5, 5.41) is 5.57. The predicted octanol–water partition coefficient (Wildman–Crippen LogP) is 2.41. The number of nitrogens with one attached hydrogen (secondary N) is 2. The number of likely N-dealkylation sites (tertiary alicyclic amines) is 1. The van der Waals surface area contributed by atoms with E-state index in [2.05, 4.69) is 22.5 Å². The van der Waals surface area contributed by atoms with Gasteiger partial charge in [0, 0.05) is 24.7 Å². The Morgan fingerprint density at radius 2 is 1.96 bits per heavy atom. The number of amides is 2. The predicted molar refractivity (Wildman–Crippen MR) is 101 cm³/mol. The highest BCUT2D eigenvalue weighted by Gasteiger charge is 2.17. The highest BCUT2D eigenvalue weighted by atomic mass is 16.2. The number of aryl methyl sites for hydroxylation is 2. The minimum absolute atomic E-state index is 0.0197. The summed E-state index contributed by atoms with van der Waals surface area (Å²) >= 11 is 0. The smallest absolute Gasteiger partial charge is 0.251 e. The van der Waals surface area contributed by atoms with Crippen molar-refractivity contribution in [1.82, 2.24) is 15.5 Å². The average Bonchev–Trinajstić information content (AvgIpc) is 2.60. The molecule has 0 aromatic heterocycles. The lowest BCUT2D eigenvalue weighted by Gasteiger charge is -2.33. The Hall–Kier alpha value is -1.88. The van der Waals surface area contributed by atoms with Gasteiger partial charge in [-0.05, 0) is 69.8 Å². The minimum Gasteiger partial charge on any atom is -0.355 e. The lowest BCUT2D eigenvalue weighted by molar-refractivity contribution is -0.120. The van der Waals surface area contributed by atoms with Crippen molar-refractivity contribution < 1.29 is 9.59 Å². The monoisotopic (exact) mass is 345 g/mol. The summed E-state index contributed by atoms with van der Waals surface area (Å²) in [5.74, 6) is -0.343. The Kier molecular flexibility index (Phi) is 7.44. The lowest BCUT2D eigenvalue weighted by atomic mass is 10.0. The van der Waals surface area contributed by atoms with Gasteiger partial charge in [0.1, 0.15) is 0 Å². The van der Waals surface area contributed by atoms with Gasteiger partial charge in [0.15, 0.2) is 0 Å². The molecule has 1 aromatic carbocycles. The number of nitrogens with zero attached hydrogens (tertiary/aromatic N) is 1. The summed E-state index contributed by atoms with van der Waals surface area (Å²) < 4.78 is 0. The molecule has 0 bridgehead atoms. The van der Waals surface area contributed by atoms with E-state index in [-0.39, 0.29) is 18.4 Å². The highest BCUT2D eigenvalue weighted by Crippen LogP contribution is 2.16. The van der Waals surface area contributed by atoms with Crippen LogP contribution in [0.25, 0.3) is 0 Å². The van der Waals surface area contributed by atoms with E-state index in [1.807, 2.05) is 26.0 Å². The van der Waals surface area contributed by atoms with Crippen LogP contribution in [0.3, 0.4) is 0 Å². The molecule has 1 heterocycles. The second-order valence-corrected chi connectivity index (χ2v) is 7.07. The molecule has 138 valence electrons. The Bertz CT molecular complexity index is 601. The van der Waals surface area contributed by atoms with Crippen LogP contribution >= 0.6 is 0 Å². The Balaban J connectivity index is 1.63. The van der Waals surface area contributed by atoms with Gasteiger partial charge in [0.05, 0.1) is 6.54 Å². The van der Waals surface area contributed by atoms with E-state index in [4.69, 9.17) is 0 Å². The van der Waals surface area contributed by atoms with Crippen molar-refractivity contribution in [2.45, 2.75) is 52.5 Å². The second kappa shape index (κ2) is 9.56. The SMILES string of the molecule is Cc1ccc(C(=O)NCC(=O)NCCCN2CCCC[C@H]2C)cc1C. The fraction of sp³-hybridized carbons (Fsp3) is 0.600. The standard InChI is InChI=1S/C20H31N3O2/c1-15-8-9-18(13-16(15)2)20(25)22-14-19(24)21-10-6-12-23-11-5-4-7-17(23)3/h8-9,13,17H,4-7,10-12,14H2,1-3H3,(H,21,24)(H,22,25)/t17-/m1/s1. The molecule has 5 nitrogen and oxygen atoms in total. The maximum Gasteiger partial charge on any atom is 0.251 e.